The van der Waals surface area contributed by atoms with E-state index in [1.165, 1.54) is 5.56 Å². The molecule has 4 aliphatic rings. The van der Waals surface area contributed by atoms with Gasteiger partial charge in [-0.2, -0.15) is 0 Å². The van der Waals surface area contributed by atoms with E-state index in [9.17, 15) is 9.59 Å². The minimum absolute atomic E-state index is 0.0201. The van der Waals surface area contributed by atoms with Crippen LogP contribution >= 0.6 is 0 Å². The van der Waals surface area contributed by atoms with Gasteiger partial charge in [0, 0.05) is 73.8 Å². The molecule has 46 heavy (non-hydrogen) atoms. The fourth-order valence-electron chi connectivity index (χ4n) is 6.73. The van der Waals surface area contributed by atoms with Crippen molar-refractivity contribution in [3.05, 3.63) is 53.7 Å². The van der Waals surface area contributed by atoms with Crippen LogP contribution < -0.4 is 20.4 Å². The van der Waals surface area contributed by atoms with Gasteiger partial charge in [0.05, 0.1) is 32.5 Å². The van der Waals surface area contributed by atoms with Gasteiger partial charge in [-0.25, -0.2) is 19.7 Å². The average Bonchev–Trinajstić information content (AvgIpc) is 3.47. The largest absolute Gasteiger partial charge is 0.378 e. The highest BCUT2D eigenvalue weighted by molar-refractivity contribution is 6.00. The van der Waals surface area contributed by atoms with Crippen LogP contribution in [0.1, 0.15) is 28.8 Å². The van der Waals surface area contributed by atoms with Crippen LogP contribution in [0.15, 0.2) is 42.6 Å². The number of anilines is 4. The third-order valence-electron chi connectivity index (χ3n) is 9.35. The van der Waals surface area contributed by atoms with Crippen LogP contribution in [-0.4, -0.2) is 122 Å². The molecular formula is C33H41N9O4. The summed E-state index contributed by atoms with van der Waals surface area (Å²) >= 11 is 0. The highest BCUT2D eigenvalue weighted by atomic mass is 16.5. The summed E-state index contributed by atoms with van der Waals surface area (Å²) in [4.78, 5) is 49.0. The molecular weight excluding hydrogens is 586 g/mol. The Morgan fingerprint density at radius 1 is 0.870 bits per heavy atom. The Morgan fingerprint density at radius 3 is 2.33 bits per heavy atom. The Kier molecular flexibility index (Phi) is 8.69. The minimum Gasteiger partial charge on any atom is -0.378 e. The highest BCUT2D eigenvalue weighted by Crippen LogP contribution is 2.39. The predicted octanol–water partition coefficient (Wildman–Crippen LogP) is 2.95. The summed E-state index contributed by atoms with van der Waals surface area (Å²) < 4.78 is 11.4. The highest BCUT2D eigenvalue weighted by Gasteiger charge is 2.37. The van der Waals surface area contributed by atoms with Gasteiger partial charge >= 0.3 is 6.03 Å². The van der Waals surface area contributed by atoms with Crippen molar-refractivity contribution in [3.8, 4) is 11.4 Å². The third kappa shape index (κ3) is 6.35. The van der Waals surface area contributed by atoms with Crippen LogP contribution in [0.25, 0.3) is 11.4 Å². The number of likely N-dealkylation sites (tertiary alicyclic amines) is 1. The number of nitrogens with one attached hydrogen (secondary N) is 2. The van der Waals surface area contributed by atoms with E-state index in [0.29, 0.717) is 55.4 Å². The molecule has 0 saturated carbocycles. The van der Waals surface area contributed by atoms with Gasteiger partial charge in [0.1, 0.15) is 17.5 Å². The quantitative estimate of drug-likeness (QED) is 0.421. The third-order valence-corrected chi connectivity index (χ3v) is 9.35. The molecule has 2 N–H and O–H groups in total. The van der Waals surface area contributed by atoms with E-state index in [-0.39, 0.29) is 11.9 Å². The summed E-state index contributed by atoms with van der Waals surface area (Å²) in [7, 11) is 4.17. The Morgan fingerprint density at radius 2 is 1.61 bits per heavy atom. The number of morpholine rings is 2. The monoisotopic (exact) mass is 627 g/mol. The number of pyridine rings is 1. The van der Waals surface area contributed by atoms with E-state index in [4.69, 9.17) is 19.4 Å². The fraction of sp³-hybridized carbons (Fsp3) is 0.485. The van der Waals surface area contributed by atoms with E-state index in [2.05, 4.69) is 44.4 Å². The van der Waals surface area contributed by atoms with E-state index in [1.54, 1.807) is 36.5 Å². The van der Waals surface area contributed by atoms with Crippen molar-refractivity contribution in [2.24, 2.45) is 0 Å². The molecule has 3 amide bonds. The van der Waals surface area contributed by atoms with Gasteiger partial charge in [-0.3, -0.25) is 10.1 Å². The lowest BCUT2D eigenvalue weighted by atomic mass is 10.0. The number of hydrogen-bond acceptors (Lipinski definition) is 10. The lowest BCUT2D eigenvalue weighted by Crippen LogP contribution is -2.44. The summed E-state index contributed by atoms with van der Waals surface area (Å²) in [6, 6.07) is 11.0. The van der Waals surface area contributed by atoms with E-state index in [0.717, 1.165) is 69.2 Å². The molecule has 13 heteroatoms. The first-order valence-corrected chi connectivity index (χ1v) is 16.1. The number of rotatable bonds is 6. The molecule has 0 radical (unpaired) electrons. The summed E-state index contributed by atoms with van der Waals surface area (Å²) in [6.45, 7) is 6.60. The second-order valence-corrected chi connectivity index (χ2v) is 12.5. The maximum absolute atomic E-state index is 13.0. The molecule has 3 aromatic rings. The molecule has 3 fully saturated rings. The van der Waals surface area contributed by atoms with Crippen molar-refractivity contribution in [1.29, 1.82) is 0 Å². The molecule has 7 rings (SSSR count). The summed E-state index contributed by atoms with van der Waals surface area (Å²) in [5, 5.41) is 5.61. The second-order valence-electron chi connectivity index (χ2n) is 12.5. The molecule has 1 aromatic carbocycles. The zero-order chi connectivity index (χ0) is 31.6. The molecule has 1 unspecified atom stereocenters. The van der Waals surface area contributed by atoms with Crippen LogP contribution in [0.5, 0.6) is 0 Å². The summed E-state index contributed by atoms with van der Waals surface area (Å²) in [5.74, 6) is 2.96. The first-order chi connectivity index (χ1) is 22.4. The standard InChI is InChI=1S/C33H41N9O4/c1-39(2)25-9-11-41(12-10-25)32(43)22-3-6-24(7-4-22)35-33(44)36-28-8-5-23(20-34-28)29-37-30(40-13-16-45-17-14-40)27-19-26-21-46-18-15-42(26)31(27)38-29/h3-8,20,25-26H,9-19,21H2,1-2H3,(H2,34,35,36,44). The second kappa shape index (κ2) is 13.2. The number of fused-ring (bicyclic) bond motifs is 3. The molecule has 0 bridgehead atoms. The number of ether oxygens (including phenoxy) is 2. The van der Waals surface area contributed by atoms with Crippen LogP contribution in [0.3, 0.4) is 0 Å². The maximum atomic E-state index is 13.0. The van der Waals surface area contributed by atoms with E-state index >= 15 is 0 Å². The SMILES string of the molecule is CN(C)C1CCN(C(=O)c2ccc(NC(=O)Nc3ccc(-c4nc(N5CCOCC5)c5c(n4)N4CCOCC4C5)cn3)cc2)CC1. The molecule has 0 spiro atoms. The van der Waals surface area contributed by atoms with Gasteiger partial charge in [0.25, 0.3) is 5.91 Å². The maximum Gasteiger partial charge on any atom is 0.324 e. The number of hydrogen-bond donors (Lipinski definition) is 2. The van der Waals surface area contributed by atoms with Crippen molar-refractivity contribution in [3.63, 3.8) is 0 Å². The molecule has 4 aliphatic heterocycles. The van der Waals surface area contributed by atoms with Crippen LogP contribution in [0.4, 0.5) is 27.9 Å². The fourth-order valence-corrected chi connectivity index (χ4v) is 6.73. The summed E-state index contributed by atoms with van der Waals surface area (Å²) in [5.41, 5.74) is 3.14. The van der Waals surface area contributed by atoms with E-state index < -0.39 is 6.03 Å². The number of urea groups is 1. The molecule has 242 valence electrons. The van der Waals surface area contributed by atoms with Gasteiger partial charge in [-0.05, 0) is 63.3 Å². The molecule has 2 aromatic heterocycles. The number of carbonyl (C=O) groups is 2. The van der Waals surface area contributed by atoms with E-state index in [1.807, 2.05) is 11.0 Å². The Balaban J connectivity index is 0.996. The Bertz CT molecular complexity index is 1550. The number of benzene rings is 1. The normalized spacial score (nSPS) is 20.0. The first-order valence-electron chi connectivity index (χ1n) is 16.1. The Hall–Kier alpha value is -4.33. The van der Waals surface area contributed by atoms with Crippen molar-refractivity contribution in [2.75, 3.05) is 93.7 Å². The number of piperidine rings is 1. The number of nitrogens with zero attached hydrogens (tertiary/aromatic N) is 7. The van der Waals surface area contributed by atoms with Gasteiger partial charge in [-0.1, -0.05) is 0 Å². The van der Waals surface area contributed by atoms with Crippen molar-refractivity contribution in [1.82, 2.24) is 24.8 Å². The Labute approximate surface area is 268 Å². The zero-order valence-corrected chi connectivity index (χ0v) is 26.4. The van der Waals surface area contributed by atoms with Gasteiger partial charge < -0.3 is 34.4 Å². The smallest absolute Gasteiger partial charge is 0.324 e. The van der Waals surface area contributed by atoms with Crippen LogP contribution in [0, 0.1) is 0 Å². The van der Waals surface area contributed by atoms with Gasteiger partial charge in [0.15, 0.2) is 5.82 Å². The predicted molar refractivity (Wildman–Crippen MR) is 176 cm³/mol. The molecule has 3 saturated heterocycles. The first kappa shape index (κ1) is 30.3. The molecule has 0 aliphatic carbocycles. The molecule has 1 atom stereocenters. The zero-order valence-electron chi connectivity index (χ0n) is 26.4. The van der Waals surface area contributed by atoms with Crippen LogP contribution in [-0.2, 0) is 15.9 Å². The number of amides is 3. The minimum atomic E-state index is -0.424. The van der Waals surface area contributed by atoms with Crippen molar-refractivity contribution >= 4 is 35.1 Å². The molecule has 13 nitrogen and oxygen atoms in total. The molecule has 6 heterocycles. The lowest BCUT2D eigenvalue weighted by Gasteiger charge is -2.35. The topological polar surface area (TPSA) is 128 Å². The summed E-state index contributed by atoms with van der Waals surface area (Å²) in [6.07, 6.45) is 4.50. The van der Waals surface area contributed by atoms with Gasteiger partial charge in [0.2, 0.25) is 0 Å². The van der Waals surface area contributed by atoms with Crippen molar-refractivity contribution in [2.45, 2.75) is 31.3 Å². The average molecular weight is 628 g/mol. The van der Waals surface area contributed by atoms with Crippen LogP contribution in [0.2, 0.25) is 0 Å². The van der Waals surface area contributed by atoms with Gasteiger partial charge in [-0.15, -0.1) is 0 Å². The lowest BCUT2D eigenvalue weighted by molar-refractivity contribution is 0.0663. The number of carbonyl (C=O) groups excluding carboxylic acids is 2. The number of aromatic nitrogens is 3. The van der Waals surface area contributed by atoms with Crippen molar-refractivity contribution < 1.29 is 19.1 Å².